The van der Waals surface area contributed by atoms with Crippen molar-refractivity contribution in [2.45, 2.75) is 44.0 Å². The normalized spacial score (nSPS) is 12.0. The van der Waals surface area contributed by atoms with E-state index in [4.69, 9.17) is 0 Å². The van der Waals surface area contributed by atoms with Gasteiger partial charge in [-0.2, -0.15) is 0 Å². The van der Waals surface area contributed by atoms with Crippen LogP contribution in [0.5, 0.6) is 0 Å². The van der Waals surface area contributed by atoms with E-state index in [1.807, 2.05) is 39.0 Å². The summed E-state index contributed by atoms with van der Waals surface area (Å²) in [6, 6.07) is 5.92. The van der Waals surface area contributed by atoms with E-state index in [-0.39, 0.29) is 11.2 Å². The van der Waals surface area contributed by atoms with Crippen molar-refractivity contribution < 1.29 is 4.79 Å². The number of amides is 1. The summed E-state index contributed by atoms with van der Waals surface area (Å²) >= 11 is 1.39. The molecule has 23 heavy (non-hydrogen) atoms. The maximum absolute atomic E-state index is 12.1. The third-order valence-corrected chi connectivity index (χ3v) is 4.27. The molecule has 2 heterocycles. The van der Waals surface area contributed by atoms with Crippen LogP contribution in [0.4, 0.5) is 0 Å². The second-order valence-corrected chi connectivity index (χ2v) is 6.75. The van der Waals surface area contributed by atoms with Crippen molar-refractivity contribution in [1.29, 1.82) is 0 Å². The Hall–Kier alpha value is -1.95. The molecule has 0 fully saturated rings. The number of carbonyl (C=O) groups excluding carboxylic acids is 1. The summed E-state index contributed by atoms with van der Waals surface area (Å²) in [5, 5.41) is 3.41. The molecule has 0 aliphatic heterocycles. The molecule has 6 heteroatoms. The van der Waals surface area contributed by atoms with E-state index >= 15 is 0 Å². The zero-order valence-corrected chi connectivity index (χ0v) is 14.6. The van der Waals surface area contributed by atoms with Crippen molar-refractivity contribution in [2.24, 2.45) is 0 Å². The molecule has 1 amide bonds. The summed E-state index contributed by atoms with van der Waals surface area (Å²) in [5.41, 5.74) is 3.08. The Bertz CT molecular complexity index is 628. The molecule has 0 saturated heterocycles. The average molecular weight is 330 g/mol. The number of nitrogens with one attached hydrogen (secondary N) is 1. The molecular formula is C17H22N4OS. The SMILES string of the molecule is Cc1cc(C)nc(SC(C)C(=O)NCCCc2ccncc2)n1. The van der Waals surface area contributed by atoms with Gasteiger partial charge in [0.2, 0.25) is 5.91 Å². The molecule has 0 aliphatic carbocycles. The Labute approximate surface area is 141 Å². The molecule has 0 bridgehead atoms. The van der Waals surface area contributed by atoms with Gasteiger partial charge in [0, 0.05) is 30.3 Å². The molecule has 1 atom stereocenters. The van der Waals surface area contributed by atoms with E-state index in [2.05, 4.69) is 20.3 Å². The summed E-state index contributed by atoms with van der Waals surface area (Å²) in [7, 11) is 0. The van der Waals surface area contributed by atoms with Crippen LogP contribution in [0.3, 0.4) is 0 Å². The molecule has 5 nitrogen and oxygen atoms in total. The van der Waals surface area contributed by atoms with Gasteiger partial charge in [-0.1, -0.05) is 11.8 Å². The van der Waals surface area contributed by atoms with Crippen LogP contribution in [0.25, 0.3) is 0 Å². The van der Waals surface area contributed by atoms with Crippen molar-refractivity contribution in [1.82, 2.24) is 20.3 Å². The van der Waals surface area contributed by atoms with Crippen LogP contribution in [0.2, 0.25) is 0 Å². The molecule has 2 aromatic heterocycles. The minimum absolute atomic E-state index is 0.0208. The highest BCUT2D eigenvalue weighted by atomic mass is 32.2. The number of rotatable bonds is 7. The van der Waals surface area contributed by atoms with E-state index in [0.717, 1.165) is 24.2 Å². The molecule has 2 rings (SSSR count). The zero-order chi connectivity index (χ0) is 16.7. The lowest BCUT2D eigenvalue weighted by molar-refractivity contribution is -0.120. The predicted molar refractivity (Wildman–Crippen MR) is 92.4 cm³/mol. The van der Waals surface area contributed by atoms with E-state index in [1.165, 1.54) is 17.3 Å². The van der Waals surface area contributed by atoms with Gasteiger partial charge in [-0.15, -0.1) is 0 Å². The number of aromatic nitrogens is 3. The van der Waals surface area contributed by atoms with Gasteiger partial charge >= 0.3 is 0 Å². The van der Waals surface area contributed by atoms with E-state index in [9.17, 15) is 4.79 Å². The first-order chi connectivity index (χ1) is 11.0. The van der Waals surface area contributed by atoms with Crippen LogP contribution < -0.4 is 5.32 Å². The van der Waals surface area contributed by atoms with Crippen LogP contribution >= 0.6 is 11.8 Å². The Kier molecular flexibility index (Phi) is 6.52. The number of aryl methyl sites for hydroxylation is 3. The lowest BCUT2D eigenvalue weighted by Gasteiger charge is -2.11. The summed E-state index contributed by atoms with van der Waals surface area (Å²) in [6.07, 6.45) is 5.42. The van der Waals surface area contributed by atoms with Gasteiger partial charge in [-0.3, -0.25) is 9.78 Å². The number of thioether (sulfide) groups is 1. The number of hydrogen-bond acceptors (Lipinski definition) is 5. The fourth-order valence-corrected chi connectivity index (χ4v) is 3.06. The van der Waals surface area contributed by atoms with Crippen LogP contribution in [0.15, 0.2) is 35.7 Å². The number of nitrogens with zero attached hydrogens (tertiary/aromatic N) is 3. The van der Waals surface area contributed by atoms with Gasteiger partial charge in [-0.05, 0) is 57.4 Å². The molecule has 0 aliphatic rings. The summed E-state index contributed by atoms with van der Waals surface area (Å²) in [4.78, 5) is 24.8. The zero-order valence-electron chi connectivity index (χ0n) is 13.7. The summed E-state index contributed by atoms with van der Waals surface area (Å²) < 4.78 is 0. The highest BCUT2D eigenvalue weighted by Gasteiger charge is 2.15. The smallest absolute Gasteiger partial charge is 0.233 e. The van der Waals surface area contributed by atoms with Crippen LogP contribution in [0.1, 0.15) is 30.3 Å². The number of pyridine rings is 1. The molecule has 0 radical (unpaired) electrons. The monoisotopic (exact) mass is 330 g/mol. The van der Waals surface area contributed by atoms with Gasteiger partial charge < -0.3 is 5.32 Å². The molecule has 1 N–H and O–H groups in total. The molecule has 0 aromatic carbocycles. The molecule has 0 saturated carbocycles. The lowest BCUT2D eigenvalue weighted by atomic mass is 10.1. The molecule has 0 spiro atoms. The van der Waals surface area contributed by atoms with Crippen molar-refractivity contribution in [3.8, 4) is 0 Å². The number of carbonyl (C=O) groups is 1. The van der Waals surface area contributed by atoms with Crippen molar-refractivity contribution in [2.75, 3.05) is 6.54 Å². The highest BCUT2D eigenvalue weighted by Crippen LogP contribution is 2.20. The Morgan fingerprint density at radius 1 is 1.22 bits per heavy atom. The van der Waals surface area contributed by atoms with Crippen molar-refractivity contribution in [3.05, 3.63) is 47.5 Å². The summed E-state index contributed by atoms with van der Waals surface area (Å²) in [5.74, 6) is 0.0208. The molecular weight excluding hydrogens is 308 g/mol. The third-order valence-electron chi connectivity index (χ3n) is 3.30. The Balaban J connectivity index is 1.74. The van der Waals surface area contributed by atoms with Gasteiger partial charge in [0.25, 0.3) is 0 Å². The largest absolute Gasteiger partial charge is 0.355 e. The van der Waals surface area contributed by atoms with E-state index in [1.54, 1.807) is 12.4 Å². The van der Waals surface area contributed by atoms with Crippen molar-refractivity contribution >= 4 is 17.7 Å². The van der Waals surface area contributed by atoms with Crippen molar-refractivity contribution in [3.63, 3.8) is 0 Å². The standard InChI is InChI=1S/C17H22N4OS/c1-12-11-13(2)21-17(20-12)23-14(3)16(22)19-8-4-5-15-6-9-18-10-7-15/h6-7,9-11,14H,4-5,8H2,1-3H3,(H,19,22). The molecule has 2 aromatic rings. The maximum atomic E-state index is 12.1. The van der Waals surface area contributed by atoms with Gasteiger partial charge in [0.05, 0.1) is 5.25 Å². The Morgan fingerprint density at radius 3 is 2.52 bits per heavy atom. The quantitative estimate of drug-likeness (QED) is 0.480. The predicted octanol–water partition coefficient (Wildman–Crippen LogP) is 2.72. The molecule has 122 valence electrons. The van der Waals surface area contributed by atoms with Gasteiger partial charge in [0.1, 0.15) is 0 Å². The minimum atomic E-state index is -0.211. The first kappa shape index (κ1) is 17.4. The first-order valence-corrected chi connectivity index (χ1v) is 8.58. The van der Waals surface area contributed by atoms with Gasteiger partial charge in [0.15, 0.2) is 5.16 Å². The second-order valence-electron chi connectivity index (χ2n) is 5.44. The topological polar surface area (TPSA) is 67.8 Å². The van der Waals surface area contributed by atoms with E-state index in [0.29, 0.717) is 11.7 Å². The molecule has 1 unspecified atom stereocenters. The van der Waals surface area contributed by atoms with E-state index < -0.39 is 0 Å². The van der Waals surface area contributed by atoms with Crippen LogP contribution in [-0.4, -0.2) is 32.7 Å². The second kappa shape index (κ2) is 8.62. The Morgan fingerprint density at radius 2 is 1.87 bits per heavy atom. The fraction of sp³-hybridized carbons (Fsp3) is 0.412. The number of hydrogen-bond donors (Lipinski definition) is 1. The van der Waals surface area contributed by atoms with Gasteiger partial charge in [-0.25, -0.2) is 9.97 Å². The summed E-state index contributed by atoms with van der Waals surface area (Å²) in [6.45, 7) is 6.41. The highest BCUT2D eigenvalue weighted by molar-refractivity contribution is 8.00. The third kappa shape index (κ3) is 5.98. The maximum Gasteiger partial charge on any atom is 0.233 e. The fourth-order valence-electron chi connectivity index (χ4n) is 2.16. The first-order valence-electron chi connectivity index (χ1n) is 7.70. The minimum Gasteiger partial charge on any atom is -0.355 e. The van der Waals surface area contributed by atoms with Crippen LogP contribution in [0, 0.1) is 13.8 Å². The van der Waals surface area contributed by atoms with Crippen LogP contribution in [-0.2, 0) is 11.2 Å². The average Bonchev–Trinajstić information content (AvgIpc) is 2.51. The lowest BCUT2D eigenvalue weighted by Crippen LogP contribution is -2.32.